The van der Waals surface area contributed by atoms with Crippen LogP contribution in [0.25, 0.3) is 0 Å². The molecule has 1 aliphatic heterocycles. The molecule has 0 radical (unpaired) electrons. The second-order valence-corrected chi connectivity index (χ2v) is 5.20. The SMILES string of the molecule is CN(C(=O)c1cccc2c1CCCN2)c1ccc(F)cc1. The molecule has 2 aromatic carbocycles. The number of carbonyl (C=O) groups excluding carboxylic acids is 1. The van der Waals surface area contributed by atoms with Crippen LogP contribution in [0.3, 0.4) is 0 Å². The van der Waals surface area contributed by atoms with Gasteiger partial charge in [0.2, 0.25) is 0 Å². The molecule has 0 saturated heterocycles. The van der Waals surface area contributed by atoms with Gasteiger partial charge in [0.25, 0.3) is 5.91 Å². The molecule has 4 heteroatoms. The molecule has 0 atom stereocenters. The van der Waals surface area contributed by atoms with Crippen molar-refractivity contribution in [3.63, 3.8) is 0 Å². The Labute approximate surface area is 123 Å². The van der Waals surface area contributed by atoms with E-state index in [-0.39, 0.29) is 11.7 Å². The summed E-state index contributed by atoms with van der Waals surface area (Å²) in [5.74, 6) is -0.372. The molecule has 0 aliphatic carbocycles. The Hall–Kier alpha value is -2.36. The first-order valence-corrected chi connectivity index (χ1v) is 7.06. The molecule has 1 amide bonds. The maximum atomic E-state index is 13.0. The fourth-order valence-electron chi connectivity index (χ4n) is 2.67. The second-order valence-electron chi connectivity index (χ2n) is 5.20. The van der Waals surface area contributed by atoms with Crippen molar-refractivity contribution in [2.24, 2.45) is 0 Å². The molecular weight excluding hydrogens is 267 g/mol. The second kappa shape index (κ2) is 5.56. The lowest BCUT2D eigenvalue weighted by atomic mass is 9.97. The van der Waals surface area contributed by atoms with Gasteiger partial charge in [-0.1, -0.05) is 6.07 Å². The molecular formula is C17H17FN2O. The lowest BCUT2D eigenvalue weighted by Crippen LogP contribution is -2.28. The highest BCUT2D eigenvalue weighted by Crippen LogP contribution is 2.27. The summed E-state index contributed by atoms with van der Waals surface area (Å²) in [5, 5.41) is 3.32. The number of halogens is 1. The molecule has 1 heterocycles. The van der Waals surface area contributed by atoms with E-state index in [4.69, 9.17) is 0 Å². The fourth-order valence-corrected chi connectivity index (χ4v) is 2.67. The number of amides is 1. The highest BCUT2D eigenvalue weighted by molar-refractivity contribution is 6.07. The van der Waals surface area contributed by atoms with Crippen molar-refractivity contribution in [3.8, 4) is 0 Å². The predicted octanol–water partition coefficient (Wildman–Crippen LogP) is 3.46. The highest BCUT2D eigenvalue weighted by Gasteiger charge is 2.20. The molecule has 3 rings (SSSR count). The van der Waals surface area contributed by atoms with Gasteiger partial charge >= 0.3 is 0 Å². The van der Waals surface area contributed by atoms with E-state index >= 15 is 0 Å². The van der Waals surface area contributed by atoms with Crippen LogP contribution < -0.4 is 10.2 Å². The summed E-state index contributed by atoms with van der Waals surface area (Å²) in [7, 11) is 1.71. The first kappa shape index (κ1) is 13.6. The smallest absolute Gasteiger partial charge is 0.258 e. The van der Waals surface area contributed by atoms with Crippen LogP contribution in [0.1, 0.15) is 22.3 Å². The molecule has 0 fully saturated rings. The van der Waals surface area contributed by atoms with Gasteiger partial charge in [0.1, 0.15) is 5.82 Å². The van der Waals surface area contributed by atoms with E-state index in [1.807, 2.05) is 18.2 Å². The van der Waals surface area contributed by atoms with E-state index in [2.05, 4.69) is 5.32 Å². The van der Waals surface area contributed by atoms with Crippen LogP contribution in [0.5, 0.6) is 0 Å². The van der Waals surface area contributed by atoms with Gasteiger partial charge in [0.05, 0.1) is 0 Å². The largest absolute Gasteiger partial charge is 0.385 e. The van der Waals surface area contributed by atoms with Crippen LogP contribution >= 0.6 is 0 Å². The molecule has 0 spiro atoms. The zero-order valence-electron chi connectivity index (χ0n) is 11.9. The van der Waals surface area contributed by atoms with Gasteiger partial charge in [0, 0.05) is 30.5 Å². The number of rotatable bonds is 2. The number of hydrogen-bond acceptors (Lipinski definition) is 2. The Balaban J connectivity index is 1.93. The van der Waals surface area contributed by atoms with Crippen molar-refractivity contribution in [1.82, 2.24) is 0 Å². The van der Waals surface area contributed by atoms with Crippen LogP contribution in [-0.2, 0) is 6.42 Å². The predicted molar refractivity (Wildman–Crippen MR) is 82.4 cm³/mol. The number of nitrogens with zero attached hydrogens (tertiary/aromatic N) is 1. The van der Waals surface area contributed by atoms with Gasteiger partial charge in [-0.05, 0) is 54.8 Å². The summed E-state index contributed by atoms with van der Waals surface area (Å²) in [6.07, 6.45) is 1.93. The average Bonchev–Trinajstić information content (AvgIpc) is 2.53. The average molecular weight is 284 g/mol. The number of hydrogen-bond donors (Lipinski definition) is 1. The van der Waals surface area contributed by atoms with E-state index < -0.39 is 0 Å². The standard InChI is InChI=1S/C17H17FN2O/c1-20(13-9-7-12(18)8-10-13)17(21)15-4-2-6-16-14(15)5-3-11-19-16/h2,4,6-10,19H,3,5,11H2,1H3. The van der Waals surface area contributed by atoms with Gasteiger partial charge in [-0.3, -0.25) is 4.79 Å². The lowest BCUT2D eigenvalue weighted by Gasteiger charge is -2.23. The Morgan fingerprint density at radius 1 is 1.19 bits per heavy atom. The summed E-state index contributed by atoms with van der Waals surface area (Å²) in [6.45, 7) is 0.943. The van der Waals surface area contributed by atoms with Crippen molar-refractivity contribution in [2.75, 3.05) is 23.8 Å². The maximum absolute atomic E-state index is 13.0. The van der Waals surface area contributed by atoms with Crippen LogP contribution in [0.15, 0.2) is 42.5 Å². The lowest BCUT2D eigenvalue weighted by molar-refractivity contribution is 0.0992. The Bertz CT molecular complexity index is 667. The molecule has 0 aromatic heterocycles. The molecule has 1 aliphatic rings. The Morgan fingerprint density at radius 2 is 1.95 bits per heavy atom. The molecule has 1 N–H and O–H groups in total. The van der Waals surface area contributed by atoms with Gasteiger partial charge in [-0.25, -0.2) is 4.39 Å². The molecule has 0 unspecified atom stereocenters. The topological polar surface area (TPSA) is 32.3 Å². The number of nitrogens with one attached hydrogen (secondary N) is 1. The van der Waals surface area contributed by atoms with Crippen molar-refractivity contribution in [1.29, 1.82) is 0 Å². The van der Waals surface area contributed by atoms with Gasteiger partial charge < -0.3 is 10.2 Å². The van der Waals surface area contributed by atoms with E-state index in [1.165, 1.54) is 12.1 Å². The number of anilines is 2. The van der Waals surface area contributed by atoms with Crippen LogP contribution in [0.4, 0.5) is 15.8 Å². The fraction of sp³-hybridized carbons (Fsp3) is 0.235. The third-order valence-corrected chi connectivity index (χ3v) is 3.84. The molecule has 0 bridgehead atoms. The van der Waals surface area contributed by atoms with Crippen molar-refractivity contribution >= 4 is 17.3 Å². The van der Waals surface area contributed by atoms with Crippen molar-refractivity contribution in [3.05, 3.63) is 59.4 Å². The first-order valence-electron chi connectivity index (χ1n) is 7.06. The molecule has 108 valence electrons. The Kier molecular flexibility index (Phi) is 3.60. The number of fused-ring (bicyclic) bond motifs is 1. The summed E-state index contributed by atoms with van der Waals surface area (Å²) in [5.41, 5.74) is 3.51. The molecule has 3 nitrogen and oxygen atoms in total. The zero-order chi connectivity index (χ0) is 14.8. The quantitative estimate of drug-likeness (QED) is 0.916. The van der Waals surface area contributed by atoms with E-state index in [1.54, 1.807) is 24.1 Å². The molecule has 21 heavy (non-hydrogen) atoms. The van der Waals surface area contributed by atoms with E-state index in [9.17, 15) is 9.18 Å². The highest BCUT2D eigenvalue weighted by atomic mass is 19.1. The monoisotopic (exact) mass is 284 g/mol. The first-order chi connectivity index (χ1) is 10.2. The summed E-state index contributed by atoms with van der Waals surface area (Å²) < 4.78 is 13.0. The minimum Gasteiger partial charge on any atom is -0.385 e. The summed E-state index contributed by atoms with van der Waals surface area (Å²) in [4.78, 5) is 14.3. The van der Waals surface area contributed by atoms with Crippen LogP contribution in [-0.4, -0.2) is 19.5 Å². The van der Waals surface area contributed by atoms with Crippen LogP contribution in [0, 0.1) is 5.82 Å². The number of carbonyl (C=O) groups is 1. The van der Waals surface area contributed by atoms with E-state index in [0.717, 1.165) is 30.6 Å². The molecule has 2 aromatic rings. The normalized spacial score (nSPS) is 13.2. The van der Waals surface area contributed by atoms with E-state index in [0.29, 0.717) is 11.3 Å². The van der Waals surface area contributed by atoms with Gasteiger partial charge in [0.15, 0.2) is 0 Å². The van der Waals surface area contributed by atoms with Gasteiger partial charge in [-0.15, -0.1) is 0 Å². The van der Waals surface area contributed by atoms with Crippen molar-refractivity contribution < 1.29 is 9.18 Å². The minimum absolute atomic E-state index is 0.0674. The van der Waals surface area contributed by atoms with Crippen LogP contribution in [0.2, 0.25) is 0 Å². The third kappa shape index (κ3) is 2.61. The van der Waals surface area contributed by atoms with Gasteiger partial charge in [-0.2, -0.15) is 0 Å². The maximum Gasteiger partial charge on any atom is 0.258 e. The Morgan fingerprint density at radius 3 is 2.71 bits per heavy atom. The van der Waals surface area contributed by atoms with Crippen molar-refractivity contribution in [2.45, 2.75) is 12.8 Å². The third-order valence-electron chi connectivity index (χ3n) is 3.84. The molecule has 0 saturated carbocycles. The summed E-state index contributed by atoms with van der Waals surface area (Å²) >= 11 is 0. The zero-order valence-corrected chi connectivity index (χ0v) is 11.9. The summed E-state index contributed by atoms with van der Waals surface area (Å²) in [6, 6.07) is 11.7. The minimum atomic E-state index is -0.305. The number of benzene rings is 2.